The molecule has 0 aliphatic heterocycles. The second kappa shape index (κ2) is 9.68. The normalized spacial score (nSPS) is 13.4. The molecule has 2 N–H and O–H groups in total. The molecule has 0 aromatic carbocycles. The van der Waals surface area contributed by atoms with Gasteiger partial charge in [0, 0.05) is 17.5 Å². The number of aryl methyl sites for hydroxylation is 2. The Hall–Kier alpha value is 0.460. The predicted octanol–water partition coefficient (Wildman–Crippen LogP) is -0.443. The number of halogens is 1. The van der Waals surface area contributed by atoms with Crippen molar-refractivity contribution in [1.29, 1.82) is 0 Å². The van der Waals surface area contributed by atoms with Gasteiger partial charge in [0.25, 0.3) is 0 Å². The molecule has 1 aromatic rings. The lowest BCUT2D eigenvalue weighted by Gasteiger charge is -2.20. The molecule has 0 spiro atoms. The van der Waals surface area contributed by atoms with Gasteiger partial charge in [-0.15, -0.1) is 8.58 Å². The Morgan fingerprint density at radius 3 is 2.14 bits per heavy atom. The summed E-state index contributed by atoms with van der Waals surface area (Å²) in [6, 6.07) is 0. The van der Waals surface area contributed by atoms with Crippen molar-refractivity contribution in [3.63, 3.8) is 0 Å². The van der Waals surface area contributed by atoms with Gasteiger partial charge in [-0.3, -0.25) is 4.57 Å². The minimum atomic E-state index is -4.04. The fraction of sp³-hybridized carbons (Fsp3) is 0.667. The van der Waals surface area contributed by atoms with Crippen molar-refractivity contribution in [2.75, 3.05) is 6.66 Å². The van der Waals surface area contributed by atoms with E-state index in [9.17, 15) is 14.4 Å². The average Bonchev–Trinajstić information content (AvgIpc) is 2.42. The topological polar surface area (TPSA) is 61.4 Å². The van der Waals surface area contributed by atoms with Crippen molar-refractivity contribution in [1.82, 2.24) is 0 Å². The van der Waals surface area contributed by atoms with Crippen LogP contribution in [0.25, 0.3) is 0 Å². The minimum Gasteiger partial charge on any atom is -1.00 e. The standard InChI is InChI=1S/C15H27NO3P2.HI/c1-6-11-10-16(4)14(8-3)13(12(11)7-2)9-15(20-5)21(17,18)19;/h10,15,20H,6-9H2,1-5H3,(H-,17,18,19);1H. The molecule has 0 fully saturated rings. The summed E-state index contributed by atoms with van der Waals surface area (Å²) < 4.78 is 13.8. The van der Waals surface area contributed by atoms with Crippen LogP contribution in [0.15, 0.2) is 6.20 Å². The first-order chi connectivity index (χ1) is 9.79. The number of hydrogen-bond donors (Lipinski definition) is 2. The fourth-order valence-electron chi connectivity index (χ4n) is 3.00. The zero-order valence-electron chi connectivity index (χ0n) is 14.1. The monoisotopic (exact) mass is 459 g/mol. The third kappa shape index (κ3) is 5.24. The Morgan fingerprint density at radius 1 is 1.18 bits per heavy atom. The van der Waals surface area contributed by atoms with Crippen LogP contribution in [-0.4, -0.2) is 21.9 Å². The highest BCUT2D eigenvalue weighted by Crippen LogP contribution is 2.50. The molecule has 1 heterocycles. The highest BCUT2D eigenvalue weighted by molar-refractivity contribution is 7.65. The van der Waals surface area contributed by atoms with Crippen LogP contribution in [0.4, 0.5) is 0 Å². The molecule has 7 heteroatoms. The molecular formula is C15H28INO3P2. The molecule has 1 rings (SSSR count). The van der Waals surface area contributed by atoms with E-state index in [-0.39, 0.29) is 32.6 Å². The average molecular weight is 459 g/mol. The molecule has 0 saturated heterocycles. The second-order valence-corrected chi connectivity index (χ2v) is 8.89. The number of rotatable bonds is 7. The smallest absolute Gasteiger partial charge is 0.332 e. The summed E-state index contributed by atoms with van der Waals surface area (Å²) in [5.41, 5.74) is 4.92. The highest BCUT2D eigenvalue weighted by Gasteiger charge is 2.31. The second-order valence-electron chi connectivity index (χ2n) is 5.33. The van der Waals surface area contributed by atoms with Gasteiger partial charge in [-0.25, -0.2) is 4.57 Å². The molecule has 128 valence electrons. The van der Waals surface area contributed by atoms with E-state index in [0.29, 0.717) is 6.42 Å². The van der Waals surface area contributed by atoms with Gasteiger partial charge in [-0.05, 0) is 31.5 Å². The van der Waals surface area contributed by atoms with E-state index in [1.54, 1.807) is 0 Å². The van der Waals surface area contributed by atoms with Crippen LogP contribution < -0.4 is 28.5 Å². The molecule has 4 nitrogen and oxygen atoms in total. The molecule has 1 aromatic heterocycles. The van der Waals surface area contributed by atoms with Crippen LogP contribution in [0.2, 0.25) is 0 Å². The lowest BCUT2D eigenvalue weighted by molar-refractivity contribution is -0.679. The van der Waals surface area contributed by atoms with Crippen molar-refractivity contribution < 1.29 is 42.9 Å². The van der Waals surface area contributed by atoms with E-state index in [2.05, 4.69) is 31.5 Å². The maximum atomic E-state index is 11.7. The van der Waals surface area contributed by atoms with E-state index >= 15 is 0 Å². The Morgan fingerprint density at radius 2 is 1.77 bits per heavy atom. The van der Waals surface area contributed by atoms with Crippen molar-refractivity contribution in [3.8, 4) is 0 Å². The van der Waals surface area contributed by atoms with E-state index in [1.807, 2.05) is 13.7 Å². The molecule has 0 radical (unpaired) electrons. The van der Waals surface area contributed by atoms with Gasteiger partial charge in [-0.1, -0.05) is 20.8 Å². The summed E-state index contributed by atoms with van der Waals surface area (Å²) >= 11 is 0. The summed E-state index contributed by atoms with van der Waals surface area (Å²) in [6.07, 6.45) is 5.38. The fourth-order valence-corrected chi connectivity index (χ4v) is 5.18. The third-order valence-corrected chi connectivity index (χ3v) is 7.73. The molecule has 0 saturated carbocycles. The molecule has 2 unspecified atom stereocenters. The Kier molecular flexibility index (Phi) is 9.88. The molecule has 0 aliphatic rings. The number of nitrogens with zero attached hydrogens (tertiary/aromatic N) is 1. The quantitative estimate of drug-likeness (QED) is 0.330. The van der Waals surface area contributed by atoms with Gasteiger partial charge < -0.3 is 33.8 Å². The zero-order chi connectivity index (χ0) is 16.2. The molecule has 0 amide bonds. The number of pyridine rings is 1. The Bertz CT molecular complexity index is 546. The van der Waals surface area contributed by atoms with Crippen molar-refractivity contribution in [2.24, 2.45) is 7.05 Å². The van der Waals surface area contributed by atoms with E-state index < -0.39 is 13.0 Å². The van der Waals surface area contributed by atoms with Gasteiger partial charge in [0.1, 0.15) is 7.05 Å². The van der Waals surface area contributed by atoms with Gasteiger partial charge in [0.2, 0.25) is 0 Å². The summed E-state index contributed by atoms with van der Waals surface area (Å²) in [4.78, 5) is 19.1. The van der Waals surface area contributed by atoms with Crippen molar-refractivity contribution in [2.45, 2.75) is 51.9 Å². The lowest BCUT2D eigenvalue weighted by atomic mass is 9.94. The van der Waals surface area contributed by atoms with Gasteiger partial charge in [-0.2, -0.15) is 0 Å². The summed E-state index contributed by atoms with van der Waals surface area (Å²) in [5.74, 6) is 0. The van der Waals surface area contributed by atoms with Gasteiger partial charge in [0.15, 0.2) is 11.9 Å². The Balaban J connectivity index is 0.00000441. The lowest BCUT2D eigenvalue weighted by Crippen LogP contribution is -3.00. The summed E-state index contributed by atoms with van der Waals surface area (Å²) in [5, 5.41) is -0.555. The molecule has 22 heavy (non-hydrogen) atoms. The van der Waals surface area contributed by atoms with Crippen LogP contribution >= 0.6 is 16.2 Å². The molecule has 0 bridgehead atoms. The van der Waals surface area contributed by atoms with Gasteiger partial charge in [0.05, 0.1) is 5.40 Å². The van der Waals surface area contributed by atoms with E-state index in [1.165, 1.54) is 16.8 Å². The van der Waals surface area contributed by atoms with Crippen LogP contribution in [0.3, 0.4) is 0 Å². The zero-order valence-corrected chi connectivity index (χ0v) is 18.1. The largest absolute Gasteiger partial charge is 1.00 e. The molecular weight excluding hydrogens is 431 g/mol. The van der Waals surface area contributed by atoms with Crippen LogP contribution in [0.1, 0.15) is 43.2 Å². The van der Waals surface area contributed by atoms with Crippen molar-refractivity contribution in [3.05, 3.63) is 28.6 Å². The minimum absolute atomic E-state index is 0. The first kappa shape index (κ1) is 22.5. The predicted molar refractivity (Wildman–Crippen MR) is 89.5 cm³/mol. The summed E-state index contributed by atoms with van der Waals surface area (Å²) in [6.45, 7) is 8.24. The molecule has 2 atom stereocenters. The maximum Gasteiger partial charge on any atom is 0.332 e. The highest BCUT2D eigenvalue weighted by atomic mass is 127. The number of aromatic nitrogens is 1. The van der Waals surface area contributed by atoms with Crippen LogP contribution in [-0.2, 0) is 37.3 Å². The molecule has 0 aliphatic carbocycles. The third-order valence-electron chi connectivity index (χ3n) is 4.08. The first-order valence-corrected chi connectivity index (χ1v) is 10.8. The van der Waals surface area contributed by atoms with E-state index in [4.69, 9.17) is 0 Å². The maximum absolute atomic E-state index is 11.7. The van der Waals surface area contributed by atoms with Crippen molar-refractivity contribution >= 4 is 16.2 Å². The van der Waals surface area contributed by atoms with Gasteiger partial charge >= 0.3 is 7.60 Å². The van der Waals surface area contributed by atoms with Crippen LogP contribution in [0, 0.1) is 0 Å². The first-order valence-electron chi connectivity index (χ1n) is 7.54. The van der Waals surface area contributed by atoms with Crippen LogP contribution in [0.5, 0.6) is 0 Å². The Labute approximate surface area is 153 Å². The SMILES string of the molecule is CCc1c[n+](C)c(CC)c(CC(PC)P(=O)(O)O)c1CC.[I-]. The van der Waals surface area contributed by atoms with E-state index in [0.717, 1.165) is 24.8 Å². The summed E-state index contributed by atoms with van der Waals surface area (Å²) in [7, 11) is -1.76. The number of hydrogen-bond acceptors (Lipinski definition) is 1.